The minimum absolute atomic E-state index is 0.0188. The summed E-state index contributed by atoms with van der Waals surface area (Å²) in [5, 5.41) is 2.74. The van der Waals surface area contributed by atoms with Gasteiger partial charge < -0.3 is 20.5 Å². The van der Waals surface area contributed by atoms with E-state index >= 15 is 0 Å². The summed E-state index contributed by atoms with van der Waals surface area (Å²) < 4.78 is 10.5. The maximum atomic E-state index is 11.0. The van der Waals surface area contributed by atoms with Gasteiger partial charge in [0.1, 0.15) is 0 Å². The third-order valence-corrected chi connectivity index (χ3v) is 2.74. The molecule has 0 heterocycles. The second-order valence-electron chi connectivity index (χ2n) is 3.94. The zero-order chi connectivity index (χ0) is 13.5. The van der Waals surface area contributed by atoms with Crippen LogP contribution in [0.2, 0.25) is 0 Å². The van der Waals surface area contributed by atoms with Crippen LogP contribution in [-0.4, -0.2) is 33.2 Å². The Kier molecular flexibility index (Phi) is 5.45. The summed E-state index contributed by atoms with van der Waals surface area (Å²) in [5.41, 5.74) is 7.44. The number of carbonyl (C=O) groups excluding carboxylic acids is 1. The first kappa shape index (κ1) is 14.3. The van der Waals surface area contributed by atoms with E-state index in [1.54, 1.807) is 14.2 Å². The Bertz CT molecular complexity index is 419. The van der Waals surface area contributed by atoms with Gasteiger partial charge in [0.25, 0.3) is 0 Å². The molecule has 0 aromatic heterocycles. The van der Waals surface area contributed by atoms with Gasteiger partial charge in [0.2, 0.25) is 5.91 Å². The Morgan fingerprint density at radius 2 is 1.89 bits per heavy atom. The molecule has 0 atom stereocenters. The number of carbonyl (C=O) groups is 1. The number of aryl methyl sites for hydroxylation is 1. The number of methoxy groups -OCH3 is 2. The SMILES string of the molecule is COc1cc(C)c(CCNC(=O)CN)cc1OC. The first-order valence-electron chi connectivity index (χ1n) is 5.80. The zero-order valence-electron chi connectivity index (χ0n) is 11.1. The van der Waals surface area contributed by atoms with Gasteiger partial charge in [-0.3, -0.25) is 4.79 Å². The van der Waals surface area contributed by atoms with Gasteiger partial charge in [-0.1, -0.05) is 0 Å². The molecule has 0 spiro atoms. The molecule has 0 saturated heterocycles. The van der Waals surface area contributed by atoms with Crippen LogP contribution in [0.25, 0.3) is 0 Å². The Morgan fingerprint density at radius 1 is 1.28 bits per heavy atom. The van der Waals surface area contributed by atoms with E-state index in [-0.39, 0.29) is 12.5 Å². The van der Waals surface area contributed by atoms with Gasteiger partial charge in [0.05, 0.1) is 20.8 Å². The molecule has 0 saturated carbocycles. The second kappa shape index (κ2) is 6.86. The van der Waals surface area contributed by atoms with Crippen molar-refractivity contribution >= 4 is 5.91 Å². The first-order chi connectivity index (χ1) is 8.62. The minimum Gasteiger partial charge on any atom is -0.493 e. The molecule has 0 radical (unpaired) electrons. The maximum Gasteiger partial charge on any atom is 0.233 e. The van der Waals surface area contributed by atoms with E-state index in [2.05, 4.69) is 5.32 Å². The molecular formula is C13H20N2O3. The Labute approximate surface area is 107 Å². The molecule has 1 rings (SSSR count). The lowest BCUT2D eigenvalue weighted by Crippen LogP contribution is -2.31. The number of benzene rings is 1. The highest BCUT2D eigenvalue weighted by molar-refractivity contribution is 5.77. The number of ether oxygens (including phenoxy) is 2. The summed E-state index contributed by atoms with van der Waals surface area (Å²) in [4.78, 5) is 11.0. The van der Waals surface area contributed by atoms with Crippen LogP contribution >= 0.6 is 0 Å². The molecule has 100 valence electrons. The summed E-state index contributed by atoms with van der Waals surface area (Å²) in [5.74, 6) is 1.26. The molecule has 18 heavy (non-hydrogen) atoms. The molecule has 0 aliphatic carbocycles. The lowest BCUT2D eigenvalue weighted by molar-refractivity contribution is -0.119. The van der Waals surface area contributed by atoms with E-state index in [4.69, 9.17) is 15.2 Å². The van der Waals surface area contributed by atoms with Gasteiger partial charge in [0.15, 0.2) is 11.5 Å². The maximum absolute atomic E-state index is 11.0. The quantitative estimate of drug-likeness (QED) is 0.779. The average molecular weight is 252 g/mol. The Balaban J connectivity index is 2.73. The molecule has 0 aliphatic rings. The van der Waals surface area contributed by atoms with Gasteiger partial charge in [-0.05, 0) is 36.6 Å². The number of hydrogen-bond acceptors (Lipinski definition) is 4. The van der Waals surface area contributed by atoms with Crippen LogP contribution in [0.5, 0.6) is 11.5 Å². The van der Waals surface area contributed by atoms with Gasteiger partial charge in [0, 0.05) is 6.54 Å². The lowest BCUT2D eigenvalue weighted by atomic mass is 10.0. The van der Waals surface area contributed by atoms with Crippen molar-refractivity contribution in [2.75, 3.05) is 27.3 Å². The van der Waals surface area contributed by atoms with Crippen LogP contribution in [0, 0.1) is 6.92 Å². The van der Waals surface area contributed by atoms with E-state index in [1.165, 1.54) is 0 Å². The van der Waals surface area contributed by atoms with E-state index < -0.39 is 0 Å². The number of rotatable bonds is 6. The van der Waals surface area contributed by atoms with Crippen molar-refractivity contribution in [3.63, 3.8) is 0 Å². The second-order valence-corrected chi connectivity index (χ2v) is 3.94. The third-order valence-electron chi connectivity index (χ3n) is 2.74. The van der Waals surface area contributed by atoms with Crippen LogP contribution in [-0.2, 0) is 11.2 Å². The number of nitrogens with two attached hydrogens (primary N) is 1. The molecule has 5 nitrogen and oxygen atoms in total. The fraction of sp³-hybridized carbons (Fsp3) is 0.462. The molecule has 0 bridgehead atoms. The third kappa shape index (κ3) is 3.63. The zero-order valence-corrected chi connectivity index (χ0v) is 11.1. The van der Waals surface area contributed by atoms with E-state index in [1.807, 2.05) is 19.1 Å². The minimum atomic E-state index is -0.145. The molecule has 5 heteroatoms. The summed E-state index contributed by atoms with van der Waals surface area (Å²) in [6.45, 7) is 2.58. The van der Waals surface area contributed by atoms with Crippen LogP contribution in [0.3, 0.4) is 0 Å². The first-order valence-corrected chi connectivity index (χ1v) is 5.80. The Hall–Kier alpha value is -1.75. The van der Waals surface area contributed by atoms with Crippen molar-refractivity contribution in [3.05, 3.63) is 23.3 Å². The molecule has 1 amide bonds. The highest BCUT2D eigenvalue weighted by Gasteiger charge is 2.08. The summed E-state index contributed by atoms with van der Waals surface area (Å²) in [6.07, 6.45) is 0.734. The van der Waals surface area contributed by atoms with Crippen molar-refractivity contribution in [1.29, 1.82) is 0 Å². The van der Waals surface area contributed by atoms with E-state index in [9.17, 15) is 4.79 Å². The van der Waals surface area contributed by atoms with Crippen molar-refractivity contribution in [2.45, 2.75) is 13.3 Å². The molecule has 0 fully saturated rings. The summed E-state index contributed by atoms with van der Waals surface area (Å²) in [7, 11) is 3.21. The van der Waals surface area contributed by atoms with Crippen LogP contribution in [0.1, 0.15) is 11.1 Å². The smallest absolute Gasteiger partial charge is 0.233 e. The van der Waals surface area contributed by atoms with Crippen LogP contribution in [0.15, 0.2) is 12.1 Å². The van der Waals surface area contributed by atoms with Gasteiger partial charge in [-0.25, -0.2) is 0 Å². The Morgan fingerprint density at radius 3 is 2.44 bits per heavy atom. The molecule has 1 aromatic rings. The standard InChI is InChI=1S/C13H20N2O3/c1-9-6-11(17-2)12(18-3)7-10(9)4-5-15-13(16)8-14/h6-7H,4-5,8,14H2,1-3H3,(H,15,16). The number of amides is 1. The summed E-state index contributed by atoms with van der Waals surface area (Å²) >= 11 is 0. The molecule has 0 unspecified atom stereocenters. The normalized spacial score (nSPS) is 10.0. The fourth-order valence-corrected chi connectivity index (χ4v) is 1.70. The van der Waals surface area contributed by atoms with Crippen LogP contribution in [0.4, 0.5) is 0 Å². The fourth-order valence-electron chi connectivity index (χ4n) is 1.70. The number of nitrogens with one attached hydrogen (secondary N) is 1. The largest absolute Gasteiger partial charge is 0.493 e. The summed E-state index contributed by atoms with van der Waals surface area (Å²) in [6, 6.07) is 3.86. The average Bonchev–Trinajstić information content (AvgIpc) is 2.39. The predicted octanol–water partition coefficient (Wildman–Crippen LogP) is 0.630. The van der Waals surface area contributed by atoms with Gasteiger partial charge in [-0.15, -0.1) is 0 Å². The van der Waals surface area contributed by atoms with Crippen molar-refractivity contribution in [3.8, 4) is 11.5 Å². The van der Waals surface area contributed by atoms with Gasteiger partial charge >= 0.3 is 0 Å². The highest BCUT2D eigenvalue weighted by atomic mass is 16.5. The molecule has 3 N–H and O–H groups in total. The van der Waals surface area contributed by atoms with Crippen molar-refractivity contribution in [2.24, 2.45) is 5.73 Å². The molecule has 1 aromatic carbocycles. The van der Waals surface area contributed by atoms with Crippen LogP contribution < -0.4 is 20.5 Å². The predicted molar refractivity (Wildman–Crippen MR) is 70.1 cm³/mol. The topological polar surface area (TPSA) is 73.6 Å². The molecule has 0 aliphatic heterocycles. The van der Waals surface area contributed by atoms with E-state index in [0.29, 0.717) is 18.0 Å². The van der Waals surface area contributed by atoms with Crippen molar-refractivity contribution < 1.29 is 14.3 Å². The van der Waals surface area contributed by atoms with Crippen molar-refractivity contribution in [1.82, 2.24) is 5.32 Å². The van der Waals surface area contributed by atoms with E-state index in [0.717, 1.165) is 17.5 Å². The monoisotopic (exact) mass is 252 g/mol. The molecular weight excluding hydrogens is 232 g/mol. The highest BCUT2D eigenvalue weighted by Crippen LogP contribution is 2.30. The lowest BCUT2D eigenvalue weighted by Gasteiger charge is -2.13. The number of hydrogen-bond donors (Lipinski definition) is 2. The van der Waals surface area contributed by atoms with Gasteiger partial charge in [-0.2, -0.15) is 0 Å².